The Morgan fingerprint density at radius 2 is 1.65 bits per heavy atom. The molecule has 2 aromatic carbocycles. The van der Waals surface area contributed by atoms with Gasteiger partial charge in [-0.15, -0.1) is 0 Å². The minimum absolute atomic E-state index is 0.105. The van der Waals surface area contributed by atoms with E-state index in [4.69, 9.17) is 5.73 Å². The number of fused-ring (bicyclic) bond motifs is 3. The molecule has 0 saturated carbocycles. The van der Waals surface area contributed by atoms with Crippen LogP contribution < -0.4 is 11.1 Å². The summed E-state index contributed by atoms with van der Waals surface area (Å²) in [6, 6.07) is 10.6. The summed E-state index contributed by atoms with van der Waals surface area (Å²) < 4.78 is 0. The van der Waals surface area contributed by atoms with E-state index in [0.29, 0.717) is 11.1 Å². The summed E-state index contributed by atoms with van der Waals surface area (Å²) in [7, 11) is 0. The van der Waals surface area contributed by atoms with Crippen LogP contribution in [0.25, 0.3) is 11.1 Å². The maximum atomic E-state index is 12.5. The fourth-order valence-electron chi connectivity index (χ4n) is 2.95. The number of amides is 2. The van der Waals surface area contributed by atoms with Gasteiger partial charge in [0.1, 0.15) is 6.04 Å². The van der Waals surface area contributed by atoms with Gasteiger partial charge in [-0.05, 0) is 29.7 Å². The van der Waals surface area contributed by atoms with Gasteiger partial charge in [-0.2, -0.15) is 0 Å². The second-order valence-corrected chi connectivity index (χ2v) is 6.00. The summed E-state index contributed by atoms with van der Waals surface area (Å²) in [5.41, 5.74) is 7.73. The number of primary amides is 1. The van der Waals surface area contributed by atoms with Crippen LogP contribution in [0.5, 0.6) is 0 Å². The zero-order valence-corrected chi connectivity index (χ0v) is 13.7. The average molecular weight is 352 g/mol. The van der Waals surface area contributed by atoms with Crippen molar-refractivity contribution in [2.75, 3.05) is 0 Å². The molecule has 7 heteroatoms. The molecular weight excluding hydrogens is 336 g/mol. The third-order valence-corrected chi connectivity index (χ3v) is 4.27. The number of carboxylic acid groups (broad SMARTS) is 1. The third-order valence-electron chi connectivity index (χ3n) is 4.27. The standard InChI is InChI=1S/C19H16N2O5/c20-16(22)8-7-15(19(25)26)21-18(24)10-5-6-12-11-3-1-2-4-13(11)17(23)14(12)9-10/h1-6,9,15H,7-8H2,(H2,20,22)(H,21,24)(H,25,26)/t15-/m0/s1. The van der Waals surface area contributed by atoms with Crippen LogP contribution >= 0.6 is 0 Å². The Morgan fingerprint density at radius 3 is 2.31 bits per heavy atom. The smallest absolute Gasteiger partial charge is 0.326 e. The van der Waals surface area contributed by atoms with Crippen molar-refractivity contribution in [3.05, 3.63) is 59.2 Å². The lowest BCUT2D eigenvalue weighted by Gasteiger charge is -2.14. The topological polar surface area (TPSA) is 127 Å². The fourth-order valence-corrected chi connectivity index (χ4v) is 2.95. The summed E-state index contributed by atoms with van der Waals surface area (Å²) in [6.07, 6.45) is -0.263. The first kappa shape index (κ1) is 17.3. The van der Waals surface area contributed by atoms with Crippen LogP contribution in [0.4, 0.5) is 0 Å². The van der Waals surface area contributed by atoms with Gasteiger partial charge in [-0.3, -0.25) is 14.4 Å². The first-order chi connectivity index (χ1) is 12.4. The number of rotatable bonds is 6. The Balaban J connectivity index is 1.83. The summed E-state index contributed by atoms with van der Waals surface area (Å²) in [6.45, 7) is 0. The van der Waals surface area contributed by atoms with Gasteiger partial charge in [0.2, 0.25) is 5.91 Å². The molecular formula is C19H16N2O5. The predicted octanol–water partition coefficient (Wildman–Crippen LogP) is 1.35. The molecule has 2 amide bonds. The number of carbonyl (C=O) groups excluding carboxylic acids is 3. The normalized spacial score (nSPS) is 12.8. The van der Waals surface area contributed by atoms with Crippen molar-refractivity contribution < 1.29 is 24.3 Å². The van der Waals surface area contributed by atoms with E-state index < -0.39 is 23.8 Å². The van der Waals surface area contributed by atoms with E-state index in [2.05, 4.69) is 5.32 Å². The second-order valence-electron chi connectivity index (χ2n) is 6.00. The van der Waals surface area contributed by atoms with Gasteiger partial charge in [0, 0.05) is 23.1 Å². The first-order valence-electron chi connectivity index (χ1n) is 7.98. The highest BCUT2D eigenvalue weighted by atomic mass is 16.4. The lowest BCUT2D eigenvalue weighted by molar-refractivity contribution is -0.139. The van der Waals surface area contributed by atoms with E-state index >= 15 is 0 Å². The lowest BCUT2D eigenvalue weighted by atomic mass is 10.0. The third kappa shape index (κ3) is 3.19. The molecule has 4 N–H and O–H groups in total. The van der Waals surface area contributed by atoms with Crippen molar-refractivity contribution in [2.45, 2.75) is 18.9 Å². The highest BCUT2D eigenvalue weighted by molar-refractivity contribution is 6.22. The molecule has 0 aliphatic heterocycles. The predicted molar refractivity (Wildman–Crippen MR) is 92.6 cm³/mol. The number of carbonyl (C=O) groups is 4. The molecule has 0 aromatic heterocycles. The minimum Gasteiger partial charge on any atom is -0.480 e. The van der Waals surface area contributed by atoms with Crippen molar-refractivity contribution in [3.8, 4) is 11.1 Å². The lowest BCUT2D eigenvalue weighted by Crippen LogP contribution is -2.41. The van der Waals surface area contributed by atoms with Gasteiger partial charge in [0.15, 0.2) is 5.78 Å². The van der Waals surface area contributed by atoms with Crippen LogP contribution in [0, 0.1) is 0 Å². The van der Waals surface area contributed by atoms with Crippen LogP contribution in [0.1, 0.15) is 39.1 Å². The highest BCUT2D eigenvalue weighted by Gasteiger charge is 2.28. The molecule has 1 aliphatic carbocycles. The molecule has 3 rings (SSSR count). The number of carboxylic acids is 1. The first-order valence-corrected chi connectivity index (χ1v) is 7.98. The molecule has 2 aromatic rings. The van der Waals surface area contributed by atoms with Gasteiger partial charge in [0.25, 0.3) is 5.91 Å². The van der Waals surface area contributed by atoms with Gasteiger partial charge in [0.05, 0.1) is 0 Å². The Kier molecular flexibility index (Phi) is 4.53. The van der Waals surface area contributed by atoms with Crippen molar-refractivity contribution in [1.82, 2.24) is 5.32 Å². The monoisotopic (exact) mass is 352 g/mol. The summed E-state index contributed by atoms with van der Waals surface area (Å²) in [4.78, 5) is 47.0. The maximum Gasteiger partial charge on any atom is 0.326 e. The van der Waals surface area contributed by atoms with E-state index in [9.17, 15) is 24.3 Å². The van der Waals surface area contributed by atoms with E-state index in [1.165, 1.54) is 12.1 Å². The number of ketones is 1. The Morgan fingerprint density at radius 1 is 1.00 bits per heavy atom. The van der Waals surface area contributed by atoms with Crippen molar-refractivity contribution in [1.29, 1.82) is 0 Å². The maximum absolute atomic E-state index is 12.5. The van der Waals surface area contributed by atoms with Crippen LogP contribution in [0.15, 0.2) is 42.5 Å². The summed E-state index contributed by atoms with van der Waals surface area (Å²) >= 11 is 0. The Labute approximate surface area is 148 Å². The second kappa shape index (κ2) is 6.79. The van der Waals surface area contributed by atoms with E-state index in [1.54, 1.807) is 18.2 Å². The van der Waals surface area contributed by atoms with Gasteiger partial charge in [-0.1, -0.05) is 30.3 Å². The molecule has 0 spiro atoms. The number of benzene rings is 2. The van der Waals surface area contributed by atoms with E-state index in [-0.39, 0.29) is 24.2 Å². The number of nitrogens with two attached hydrogens (primary N) is 1. The molecule has 0 unspecified atom stereocenters. The molecule has 1 aliphatic rings. The molecule has 26 heavy (non-hydrogen) atoms. The zero-order valence-electron chi connectivity index (χ0n) is 13.7. The SMILES string of the molecule is NC(=O)CC[C@H](NC(=O)c1ccc2c(c1)C(=O)c1ccccc1-2)C(=O)O. The minimum atomic E-state index is -1.26. The Hall–Kier alpha value is -3.48. The van der Waals surface area contributed by atoms with Gasteiger partial charge in [-0.25, -0.2) is 4.79 Å². The molecule has 1 atom stereocenters. The van der Waals surface area contributed by atoms with Crippen molar-refractivity contribution in [2.24, 2.45) is 5.73 Å². The van der Waals surface area contributed by atoms with Crippen molar-refractivity contribution in [3.63, 3.8) is 0 Å². The fraction of sp³-hybridized carbons (Fsp3) is 0.158. The number of hydrogen-bond donors (Lipinski definition) is 3. The van der Waals surface area contributed by atoms with Crippen LogP contribution in [0.2, 0.25) is 0 Å². The van der Waals surface area contributed by atoms with Crippen molar-refractivity contribution >= 4 is 23.6 Å². The zero-order chi connectivity index (χ0) is 18.8. The molecule has 0 heterocycles. The van der Waals surface area contributed by atoms with E-state index in [0.717, 1.165) is 11.1 Å². The number of nitrogens with one attached hydrogen (secondary N) is 1. The molecule has 132 valence electrons. The van der Waals surface area contributed by atoms with Crippen LogP contribution in [0.3, 0.4) is 0 Å². The van der Waals surface area contributed by atoms with E-state index in [1.807, 2.05) is 12.1 Å². The molecule has 0 saturated heterocycles. The molecule has 7 nitrogen and oxygen atoms in total. The van der Waals surface area contributed by atoms with Crippen LogP contribution in [-0.4, -0.2) is 34.7 Å². The molecule has 0 radical (unpaired) electrons. The summed E-state index contributed by atoms with van der Waals surface area (Å²) in [5, 5.41) is 11.5. The van der Waals surface area contributed by atoms with Crippen LogP contribution in [-0.2, 0) is 9.59 Å². The average Bonchev–Trinajstić information content (AvgIpc) is 2.90. The number of hydrogen-bond acceptors (Lipinski definition) is 4. The molecule has 0 fully saturated rings. The molecule has 0 bridgehead atoms. The quantitative estimate of drug-likeness (QED) is 0.617. The highest BCUT2D eigenvalue weighted by Crippen LogP contribution is 2.36. The van der Waals surface area contributed by atoms with Gasteiger partial charge >= 0.3 is 5.97 Å². The summed E-state index contributed by atoms with van der Waals surface area (Å²) in [5.74, 6) is -2.71. The number of aliphatic carboxylic acids is 1. The van der Waals surface area contributed by atoms with Gasteiger partial charge < -0.3 is 16.2 Å². The Bertz CT molecular complexity index is 935. The largest absolute Gasteiger partial charge is 0.480 e.